The van der Waals surface area contributed by atoms with Gasteiger partial charge in [-0.1, -0.05) is 62.4 Å². The quantitative estimate of drug-likeness (QED) is 0.164. The molecule has 2 heterocycles. The summed E-state index contributed by atoms with van der Waals surface area (Å²) in [5.74, 6) is 0.698. The Kier molecular flexibility index (Phi) is 9.19. The molecule has 1 saturated heterocycles. The summed E-state index contributed by atoms with van der Waals surface area (Å²) in [6.45, 7) is 7.53. The van der Waals surface area contributed by atoms with Crippen molar-refractivity contribution in [2.24, 2.45) is 5.92 Å². The number of amides is 1. The van der Waals surface area contributed by atoms with Gasteiger partial charge in [0.05, 0.1) is 30.2 Å². The lowest BCUT2D eigenvalue weighted by Gasteiger charge is -2.65. The molecular formula is C41H45F3N2O5. The topological polar surface area (TPSA) is 68.3 Å². The monoisotopic (exact) mass is 702 g/mol. The smallest absolute Gasteiger partial charge is 0.416 e. The molecule has 0 radical (unpaired) electrons. The van der Waals surface area contributed by atoms with E-state index in [9.17, 15) is 22.8 Å². The highest BCUT2D eigenvalue weighted by Crippen LogP contribution is 2.67. The molecule has 0 unspecified atom stereocenters. The molecule has 1 spiro atoms. The van der Waals surface area contributed by atoms with Crippen LogP contribution in [-0.2, 0) is 38.8 Å². The van der Waals surface area contributed by atoms with Crippen molar-refractivity contribution in [3.05, 3.63) is 101 Å². The summed E-state index contributed by atoms with van der Waals surface area (Å²) in [6, 6.07) is 18.9. The fraction of sp³-hybridized carbons (Fsp3) is 0.463. The number of carbonyl (C=O) groups excluding carboxylic acids is 2. The maximum Gasteiger partial charge on any atom is 0.416 e. The molecule has 7 nitrogen and oxygen atoms in total. The minimum Gasteiger partial charge on any atom is -0.493 e. The van der Waals surface area contributed by atoms with Gasteiger partial charge in [0.25, 0.3) is 0 Å². The maximum atomic E-state index is 14.2. The van der Waals surface area contributed by atoms with Gasteiger partial charge in [0.15, 0.2) is 11.5 Å². The molecule has 10 heteroatoms. The summed E-state index contributed by atoms with van der Waals surface area (Å²) in [7, 11) is 1.61. The van der Waals surface area contributed by atoms with Gasteiger partial charge in [0.1, 0.15) is 11.7 Å². The van der Waals surface area contributed by atoms with Crippen molar-refractivity contribution in [1.29, 1.82) is 0 Å². The van der Waals surface area contributed by atoms with Crippen LogP contribution in [0.5, 0.6) is 11.5 Å². The van der Waals surface area contributed by atoms with Crippen LogP contribution in [0.4, 0.5) is 13.2 Å². The average Bonchev–Trinajstić information content (AvgIpc) is 3.45. The molecule has 2 aliphatic carbocycles. The first-order valence-corrected chi connectivity index (χ1v) is 17.9. The van der Waals surface area contributed by atoms with Crippen LogP contribution in [0.1, 0.15) is 67.9 Å². The number of benzene rings is 3. The first-order valence-electron chi connectivity index (χ1n) is 17.9. The van der Waals surface area contributed by atoms with Gasteiger partial charge in [-0.05, 0) is 85.5 Å². The third-order valence-electron chi connectivity index (χ3n) is 11.4. The second kappa shape index (κ2) is 13.3. The van der Waals surface area contributed by atoms with Crippen LogP contribution in [0.25, 0.3) is 6.08 Å². The number of hydrogen-bond acceptors (Lipinski definition) is 6. The molecule has 5 atom stereocenters. The van der Waals surface area contributed by atoms with Crippen molar-refractivity contribution in [2.45, 2.75) is 88.3 Å². The number of likely N-dealkylation sites (tertiary alicyclic amines) is 1. The van der Waals surface area contributed by atoms with E-state index in [-0.39, 0.29) is 29.4 Å². The number of methoxy groups -OCH3 is 1. The minimum absolute atomic E-state index is 0.0985. The lowest BCUT2D eigenvalue weighted by molar-refractivity contribution is -0.224. The van der Waals surface area contributed by atoms with Crippen molar-refractivity contribution in [3.8, 4) is 11.5 Å². The Labute approximate surface area is 297 Å². The lowest BCUT2D eigenvalue weighted by atomic mass is 9.48. The molecule has 1 saturated carbocycles. The SMILES string of the molecule is COc1ccc2c3c1O[C@H]1[C@@H](N(CC(C)C)C(=O)C=Cc4cccc(C(F)(F)F)c4)CC[C@@]4(OC(C)=O)[C@@H](C2)N(CCc2ccccc2)CC[C@]314. The predicted molar refractivity (Wildman–Crippen MR) is 187 cm³/mol. The summed E-state index contributed by atoms with van der Waals surface area (Å²) in [5.41, 5.74) is 1.27. The zero-order chi connectivity index (χ0) is 36.1. The van der Waals surface area contributed by atoms with Crippen molar-refractivity contribution < 1.29 is 37.0 Å². The number of carbonyl (C=O) groups is 2. The Bertz CT molecular complexity index is 1830. The van der Waals surface area contributed by atoms with Crippen LogP contribution < -0.4 is 9.47 Å². The summed E-state index contributed by atoms with van der Waals surface area (Å²) in [5, 5.41) is 0. The Hall–Kier alpha value is -4.31. The van der Waals surface area contributed by atoms with Gasteiger partial charge >= 0.3 is 12.1 Å². The number of esters is 1. The molecule has 51 heavy (non-hydrogen) atoms. The number of rotatable bonds is 10. The molecule has 4 aliphatic rings. The van der Waals surface area contributed by atoms with Crippen molar-refractivity contribution in [2.75, 3.05) is 26.7 Å². The zero-order valence-electron chi connectivity index (χ0n) is 29.5. The van der Waals surface area contributed by atoms with Crippen LogP contribution in [0.15, 0.2) is 72.8 Å². The molecule has 2 bridgehead atoms. The van der Waals surface area contributed by atoms with Crippen LogP contribution in [0.2, 0.25) is 0 Å². The largest absolute Gasteiger partial charge is 0.493 e. The van der Waals surface area contributed by atoms with Gasteiger partial charge in [0.2, 0.25) is 5.91 Å². The van der Waals surface area contributed by atoms with Crippen LogP contribution >= 0.6 is 0 Å². The summed E-state index contributed by atoms with van der Waals surface area (Å²) >= 11 is 0. The van der Waals surface area contributed by atoms with E-state index in [0.717, 1.165) is 42.8 Å². The van der Waals surface area contributed by atoms with Crippen LogP contribution in [0.3, 0.4) is 0 Å². The number of piperidine rings is 1. The van der Waals surface area contributed by atoms with E-state index in [1.54, 1.807) is 13.2 Å². The van der Waals surface area contributed by atoms with E-state index < -0.39 is 34.9 Å². The molecule has 3 aromatic rings. The Morgan fingerprint density at radius 3 is 2.57 bits per heavy atom. The second-order valence-corrected chi connectivity index (χ2v) is 14.8. The number of ether oxygens (including phenoxy) is 3. The normalized spacial score (nSPS) is 26.5. The minimum atomic E-state index is -4.49. The van der Waals surface area contributed by atoms with E-state index >= 15 is 0 Å². The van der Waals surface area contributed by atoms with Gasteiger partial charge in [-0.25, -0.2) is 0 Å². The lowest BCUT2D eigenvalue weighted by Crippen LogP contribution is -2.79. The van der Waals surface area contributed by atoms with Gasteiger partial charge in [-0.2, -0.15) is 13.2 Å². The highest BCUT2D eigenvalue weighted by Gasteiger charge is 2.75. The Morgan fingerprint density at radius 2 is 1.86 bits per heavy atom. The molecule has 270 valence electrons. The molecule has 0 N–H and O–H groups in total. The highest BCUT2D eigenvalue weighted by molar-refractivity contribution is 5.92. The number of hydrogen-bond donors (Lipinski definition) is 0. The summed E-state index contributed by atoms with van der Waals surface area (Å²) in [6.07, 6.45) is 1.03. The Balaban J connectivity index is 1.29. The Morgan fingerprint density at radius 1 is 1.08 bits per heavy atom. The molecule has 7 rings (SSSR count). The van der Waals surface area contributed by atoms with Gasteiger partial charge in [0, 0.05) is 31.7 Å². The molecule has 2 fully saturated rings. The van der Waals surface area contributed by atoms with E-state index in [2.05, 4.69) is 23.1 Å². The first-order chi connectivity index (χ1) is 24.4. The second-order valence-electron chi connectivity index (χ2n) is 14.8. The maximum absolute atomic E-state index is 14.2. The van der Waals surface area contributed by atoms with Gasteiger partial charge < -0.3 is 19.1 Å². The highest BCUT2D eigenvalue weighted by atomic mass is 19.4. The molecule has 3 aromatic carbocycles. The van der Waals surface area contributed by atoms with E-state index in [4.69, 9.17) is 14.2 Å². The first kappa shape index (κ1) is 35.1. The van der Waals surface area contributed by atoms with Crippen LogP contribution in [-0.4, -0.2) is 72.2 Å². The van der Waals surface area contributed by atoms with Gasteiger partial charge in [-0.3, -0.25) is 14.5 Å². The fourth-order valence-corrected chi connectivity index (χ4v) is 9.56. The number of alkyl halides is 3. The molecule has 1 amide bonds. The molecule has 2 aliphatic heterocycles. The number of halogens is 3. The number of nitrogens with zero attached hydrogens (tertiary/aromatic N) is 2. The fourth-order valence-electron chi connectivity index (χ4n) is 9.56. The third-order valence-corrected chi connectivity index (χ3v) is 11.4. The zero-order valence-corrected chi connectivity index (χ0v) is 29.5. The van der Waals surface area contributed by atoms with Crippen molar-refractivity contribution >= 4 is 18.0 Å². The van der Waals surface area contributed by atoms with Gasteiger partial charge in [-0.15, -0.1) is 0 Å². The molecular weight excluding hydrogens is 657 g/mol. The van der Waals surface area contributed by atoms with E-state index in [1.807, 2.05) is 43.0 Å². The summed E-state index contributed by atoms with van der Waals surface area (Å²) in [4.78, 5) is 31.7. The standard InChI is InChI=1S/C41H45F3N2O5/c1-26(2)25-46(35(48)16-13-29-11-8-12-31(23-29)41(42,43)44)32-17-19-40(51-27(3)47)34-24-30-14-15-33(49-4)37-36(30)39(40,38(32)50-37)20-22-45(34)21-18-28-9-6-5-7-10-28/h5-16,23,26,32,34,38H,17-22,24-25H2,1-4H3/t32-,34+,38-,39-,40+/m0/s1. The van der Waals surface area contributed by atoms with E-state index in [1.165, 1.54) is 30.7 Å². The average molecular weight is 703 g/mol. The van der Waals surface area contributed by atoms with Crippen molar-refractivity contribution in [3.63, 3.8) is 0 Å². The third kappa shape index (κ3) is 5.99. The summed E-state index contributed by atoms with van der Waals surface area (Å²) < 4.78 is 59.9. The van der Waals surface area contributed by atoms with E-state index in [0.29, 0.717) is 43.7 Å². The molecule has 0 aromatic heterocycles. The predicted octanol–water partition coefficient (Wildman–Crippen LogP) is 7.25. The van der Waals surface area contributed by atoms with Crippen molar-refractivity contribution in [1.82, 2.24) is 9.80 Å². The van der Waals surface area contributed by atoms with Crippen LogP contribution in [0, 0.1) is 5.92 Å².